The Morgan fingerprint density at radius 1 is 1.57 bits per heavy atom. The van der Waals surface area contributed by atoms with Crippen molar-refractivity contribution in [2.45, 2.75) is 32.3 Å². The summed E-state index contributed by atoms with van der Waals surface area (Å²) in [6.45, 7) is 3.84. The molecule has 0 amide bonds. The van der Waals surface area contributed by atoms with Gasteiger partial charge in [0.15, 0.2) is 0 Å². The minimum atomic E-state index is -0.999. The van der Waals surface area contributed by atoms with Crippen LogP contribution in [-0.4, -0.2) is 23.8 Å². The van der Waals surface area contributed by atoms with E-state index in [1.165, 1.54) is 7.11 Å². The zero-order chi connectivity index (χ0) is 10.8. The number of rotatable bonds is 3. The van der Waals surface area contributed by atoms with Crippen molar-refractivity contribution in [2.24, 2.45) is 11.8 Å². The number of aliphatic hydroxyl groups is 1. The van der Waals surface area contributed by atoms with Crippen molar-refractivity contribution in [3.8, 4) is 0 Å². The zero-order valence-electron chi connectivity index (χ0n) is 8.99. The number of carbonyl (C=O) groups excluding carboxylic acids is 1. The van der Waals surface area contributed by atoms with E-state index < -0.39 is 11.5 Å². The summed E-state index contributed by atoms with van der Waals surface area (Å²) >= 11 is 0. The number of methoxy groups -OCH3 is 1. The summed E-state index contributed by atoms with van der Waals surface area (Å²) in [4.78, 5) is 11.5. The van der Waals surface area contributed by atoms with Crippen molar-refractivity contribution in [1.29, 1.82) is 0 Å². The molecule has 0 saturated carbocycles. The van der Waals surface area contributed by atoms with E-state index in [9.17, 15) is 9.90 Å². The lowest BCUT2D eigenvalue weighted by Gasteiger charge is -2.31. The first kappa shape index (κ1) is 11.2. The van der Waals surface area contributed by atoms with Crippen LogP contribution in [-0.2, 0) is 9.53 Å². The third-order valence-electron chi connectivity index (χ3n) is 2.78. The summed E-state index contributed by atoms with van der Waals surface area (Å²) in [5.41, 5.74) is -0.999. The van der Waals surface area contributed by atoms with E-state index >= 15 is 0 Å². The molecule has 0 radical (unpaired) electrons. The van der Waals surface area contributed by atoms with Gasteiger partial charge in [0, 0.05) is 0 Å². The summed E-state index contributed by atoms with van der Waals surface area (Å²) in [6, 6.07) is 0. The van der Waals surface area contributed by atoms with Crippen molar-refractivity contribution in [1.82, 2.24) is 0 Å². The molecule has 0 bridgehead atoms. The van der Waals surface area contributed by atoms with Gasteiger partial charge in [-0.1, -0.05) is 26.0 Å². The maximum absolute atomic E-state index is 11.5. The second kappa shape index (κ2) is 4.13. The Kier molecular flexibility index (Phi) is 3.32. The van der Waals surface area contributed by atoms with Crippen LogP contribution in [0.3, 0.4) is 0 Å². The van der Waals surface area contributed by atoms with Gasteiger partial charge in [-0.15, -0.1) is 0 Å². The molecule has 14 heavy (non-hydrogen) atoms. The molecule has 0 aromatic carbocycles. The highest BCUT2D eigenvalue weighted by atomic mass is 16.5. The first-order valence-corrected chi connectivity index (χ1v) is 4.99. The summed E-state index contributed by atoms with van der Waals surface area (Å²) in [5, 5.41) is 10.2. The van der Waals surface area contributed by atoms with Crippen LogP contribution in [0.5, 0.6) is 0 Å². The fraction of sp³-hybridized carbons (Fsp3) is 0.727. The molecule has 1 aliphatic carbocycles. The highest BCUT2D eigenvalue weighted by Gasteiger charge is 2.43. The van der Waals surface area contributed by atoms with Crippen LogP contribution in [0.2, 0.25) is 0 Å². The van der Waals surface area contributed by atoms with Crippen LogP contribution in [0.1, 0.15) is 26.7 Å². The van der Waals surface area contributed by atoms with Crippen molar-refractivity contribution in [3.63, 3.8) is 0 Å². The Bertz CT molecular complexity index is 245. The first-order valence-electron chi connectivity index (χ1n) is 4.99. The number of esters is 1. The molecule has 0 saturated heterocycles. The molecule has 0 spiro atoms. The Morgan fingerprint density at radius 3 is 2.57 bits per heavy atom. The van der Waals surface area contributed by atoms with E-state index in [4.69, 9.17) is 4.74 Å². The zero-order valence-corrected chi connectivity index (χ0v) is 8.99. The molecule has 0 heterocycles. The van der Waals surface area contributed by atoms with Gasteiger partial charge in [0.05, 0.1) is 18.6 Å². The largest absolute Gasteiger partial charge is 0.469 e. The lowest BCUT2D eigenvalue weighted by Crippen LogP contribution is -2.42. The number of hydrogen-bond acceptors (Lipinski definition) is 3. The van der Waals surface area contributed by atoms with Gasteiger partial charge < -0.3 is 9.84 Å². The molecule has 1 rings (SSSR count). The van der Waals surface area contributed by atoms with Crippen molar-refractivity contribution in [3.05, 3.63) is 12.2 Å². The monoisotopic (exact) mass is 198 g/mol. The van der Waals surface area contributed by atoms with Gasteiger partial charge in [-0.3, -0.25) is 4.79 Å². The molecule has 0 aromatic rings. The van der Waals surface area contributed by atoms with E-state index in [0.29, 0.717) is 6.42 Å². The molecule has 2 unspecified atom stereocenters. The molecule has 1 aliphatic rings. The van der Waals surface area contributed by atoms with E-state index in [1.54, 1.807) is 6.08 Å². The van der Waals surface area contributed by atoms with Crippen molar-refractivity contribution < 1.29 is 14.6 Å². The predicted molar refractivity (Wildman–Crippen MR) is 53.7 cm³/mol. The van der Waals surface area contributed by atoms with Crippen molar-refractivity contribution in [2.75, 3.05) is 7.11 Å². The van der Waals surface area contributed by atoms with Gasteiger partial charge in [-0.05, 0) is 18.8 Å². The van der Waals surface area contributed by atoms with Gasteiger partial charge in [0.1, 0.15) is 0 Å². The van der Waals surface area contributed by atoms with Crippen LogP contribution >= 0.6 is 0 Å². The molecule has 80 valence electrons. The summed E-state index contributed by atoms with van der Waals surface area (Å²) in [5.74, 6) is -0.699. The molecule has 0 fully saturated rings. The third kappa shape index (κ3) is 1.98. The molecule has 1 N–H and O–H groups in total. The maximum atomic E-state index is 11.5. The number of allylic oxidation sites excluding steroid dienone is 1. The fourth-order valence-corrected chi connectivity index (χ4v) is 2.12. The molecule has 0 aromatic heterocycles. The minimum Gasteiger partial charge on any atom is -0.469 e. The first-order chi connectivity index (χ1) is 6.51. The Labute approximate surface area is 84.8 Å². The number of hydrogen-bond donors (Lipinski definition) is 1. The minimum absolute atomic E-state index is 0.0789. The van der Waals surface area contributed by atoms with Crippen LogP contribution in [0.15, 0.2) is 12.2 Å². The van der Waals surface area contributed by atoms with E-state index in [1.807, 2.05) is 19.9 Å². The van der Waals surface area contributed by atoms with Gasteiger partial charge >= 0.3 is 5.97 Å². The van der Waals surface area contributed by atoms with Gasteiger partial charge in [0.2, 0.25) is 0 Å². The van der Waals surface area contributed by atoms with Crippen LogP contribution in [0, 0.1) is 11.8 Å². The smallest absolute Gasteiger partial charge is 0.312 e. The van der Waals surface area contributed by atoms with Gasteiger partial charge in [0.25, 0.3) is 0 Å². The van der Waals surface area contributed by atoms with Crippen molar-refractivity contribution >= 4 is 5.97 Å². The standard InChI is InChI=1S/C11H18O3/c1-8(2)9(10(12)14-3)11(13)6-4-5-7-11/h4,6,8-9,13H,5,7H2,1-3H3. The number of ether oxygens (including phenoxy) is 1. The van der Waals surface area contributed by atoms with Crippen LogP contribution in [0.25, 0.3) is 0 Å². The summed E-state index contributed by atoms with van der Waals surface area (Å²) in [6.07, 6.45) is 5.09. The second-order valence-electron chi connectivity index (χ2n) is 4.18. The van der Waals surface area contributed by atoms with E-state index in [0.717, 1.165) is 6.42 Å². The molecule has 2 atom stereocenters. The Balaban J connectivity index is 2.87. The lowest BCUT2D eigenvalue weighted by atomic mass is 9.79. The number of carbonyl (C=O) groups is 1. The topological polar surface area (TPSA) is 46.5 Å². The lowest BCUT2D eigenvalue weighted by molar-refractivity contribution is -0.155. The Morgan fingerprint density at radius 2 is 2.21 bits per heavy atom. The quantitative estimate of drug-likeness (QED) is 0.552. The second-order valence-corrected chi connectivity index (χ2v) is 4.18. The summed E-state index contributed by atoms with van der Waals surface area (Å²) in [7, 11) is 1.36. The predicted octanol–water partition coefficient (Wildman–Crippen LogP) is 1.51. The molecule has 3 heteroatoms. The molecular weight excluding hydrogens is 180 g/mol. The van der Waals surface area contributed by atoms with E-state index in [2.05, 4.69) is 0 Å². The van der Waals surface area contributed by atoms with Gasteiger partial charge in [-0.25, -0.2) is 0 Å². The maximum Gasteiger partial charge on any atom is 0.312 e. The average Bonchev–Trinajstić information content (AvgIpc) is 2.51. The average molecular weight is 198 g/mol. The van der Waals surface area contributed by atoms with E-state index in [-0.39, 0.29) is 11.9 Å². The highest BCUT2D eigenvalue weighted by molar-refractivity contribution is 5.74. The normalized spacial score (nSPS) is 28.1. The van der Waals surface area contributed by atoms with Crippen LogP contribution < -0.4 is 0 Å². The fourth-order valence-electron chi connectivity index (χ4n) is 2.12. The molecular formula is C11H18O3. The Hall–Kier alpha value is -0.830. The van der Waals surface area contributed by atoms with Gasteiger partial charge in [-0.2, -0.15) is 0 Å². The van der Waals surface area contributed by atoms with Crippen LogP contribution in [0.4, 0.5) is 0 Å². The molecule has 0 aliphatic heterocycles. The molecule has 3 nitrogen and oxygen atoms in total. The summed E-state index contributed by atoms with van der Waals surface area (Å²) < 4.78 is 4.72. The third-order valence-corrected chi connectivity index (χ3v) is 2.78. The highest BCUT2D eigenvalue weighted by Crippen LogP contribution is 2.35. The SMILES string of the molecule is COC(=O)C(C(C)C)C1(O)C=CCC1.